The lowest BCUT2D eigenvalue weighted by molar-refractivity contribution is -0.0781. The van der Waals surface area contributed by atoms with Crippen LogP contribution >= 0.6 is 0 Å². The molecule has 1 aromatic rings. The summed E-state index contributed by atoms with van der Waals surface area (Å²) in [4.78, 5) is 25.2. The Balaban J connectivity index is 2.28. The van der Waals surface area contributed by atoms with Crippen LogP contribution in [0.3, 0.4) is 0 Å². The molecule has 0 spiro atoms. The Bertz CT molecular complexity index is 566. The Hall–Kier alpha value is -1.48. The van der Waals surface area contributed by atoms with E-state index in [9.17, 15) is 14.7 Å². The Morgan fingerprint density at radius 3 is 2.95 bits per heavy atom. The molecule has 1 unspecified atom stereocenters. The van der Waals surface area contributed by atoms with Crippen molar-refractivity contribution < 1.29 is 14.9 Å². The fourth-order valence-corrected chi connectivity index (χ4v) is 2.16. The molecule has 0 aliphatic carbocycles. The summed E-state index contributed by atoms with van der Waals surface area (Å²) < 4.78 is 6.73. The van der Waals surface area contributed by atoms with E-state index in [0.717, 1.165) is 0 Å². The molecule has 1 aliphatic heterocycles. The molecule has 0 saturated carbocycles. The van der Waals surface area contributed by atoms with Crippen molar-refractivity contribution in [2.75, 3.05) is 6.61 Å². The molecule has 1 aliphatic rings. The number of H-pyrrole nitrogens is 1. The fraction of sp³-hybridized carbons (Fsp3) is 0.636. The molecular formula is C11H17N3O5. The summed E-state index contributed by atoms with van der Waals surface area (Å²) in [7, 11) is 0. The summed E-state index contributed by atoms with van der Waals surface area (Å²) in [6.45, 7) is 1.11. The van der Waals surface area contributed by atoms with Gasteiger partial charge in [-0.05, 0) is 6.92 Å². The van der Waals surface area contributed by atoms with Gasteiger partial charge < -0.3 is 20.7 Å². The highest BCUT2D eigenvalue weighted by Gasteiger charge is 2.38. The number of nitrogens with zero attached hydrogens (tertiary/aromatic N) is 1. The van der Waals surface area contributed by atoms with E-state index in [2.05, 4.69) is 4.98 Å². The molecule has 5 N–H and O–H groups in total. The van der Waals surface area contributed by atoms with E-state index < -0.39 is 42.3 Å². The number of aromatic nitrogens is 2. The van der Waals surface area contributed by atoms with Gasteiger partial charge in [-0.25, -0.2) is 4.79 Å². The molecule has 8 nitrogen and oxygen atoms in total. The first-order valence-electron chi connectivity index (χ1n) is 5.96. The van der Waals surface area contributed by atoms with Gasteiger partial charge in [0.05, 0.1) is 6.61 Å². The van der Waals surface area contributed by atoms with E-state index in [-0.39, 0.29) is 0 Å². The van der Waals surface area contributed by atoms with Crippen molar-refractivity contribution in [3.63, 3.8) is 0 Å². The van der Waals surface area contributed by atoms with Gasteiger partial charge in [0, 0.05) is 24.2 Å². The van der Waals surface area contributed by atoms with E-state index in [1.807, 2.05) is 0 Å². The van der Waals surface area contributed by atoms with Crippen LogP contribution in [0.2, 0.25) is 0 Å². The molecule has 1 fully saturated rings. The van der Waals surface area contributed by atoms with E-state index >= 15 is 0 Å². The number of aliphatic hydroxyl groups is 2. The number of aryl methyl sites for hydroxylation is 1. The van der Waals surface area contributed by atoms with Crippen LogP contribution in [0.25, 0.3) is 0 Å². The number of ether oxygens (including phenoxy) is 1. The molecule has 106 valence electrons. The summed E-state index contributed by atoms with van der Waals surface area (Å²) in [5.74, 6) is 0. The van der Waals surface area contributed by atoms with Gasteiger partial charge in [-0.15, -0.1) is 0 Å². The zero-order valence-corrected chi connectivity index (χ0v) is 10.4. The number of aromatic amines is 1. The van der Waals surface area contributed by atoms with E-state index in [1.54, 1.807) is 6.92 Å². The predicted octanol–water partition coefficient (Wildman–Crippen LogP) is -2.19. The lowest BCUT2D eigenvalue weighted by Gasteiger charge is -2.20. The van der Waals surface area contributed by atoms with Crippen molar-refractivity contribution in [2.24, 2.45) is 5.73 Å². The van der Waals surface area contributed by atoms with Gasteiger partial charge in [0.15, 0.2) is 0 Å². The highest BCUT2D eigenvalue weighted by Crippen LogP contribution is 2.28. The molecule has 2 heterocycles. The first-order valence-corrected chi connectivity index (χ1v) is 5.96. The maximum Gasteiger partial charge on any atom is 0.330 e. The van der Waals surface area contributed by atoms with Crippen molar-refractivity contribution in [2.45, 2.75) is 37.8 Å². The lowest BCUT2D eigenvalue weighted by atomic mass is 10.1. The SMILES string of the molecule is Cc1cn([C@H]2C[C@H](N)C([C@@H](O)CO)O2)c(=O)[nH]c1=O. The summed E-state index contributed by atoms with van der Waals surface area (Å²) in [5, 5.41) is 18.5. The number of nitrogens with one attached hydrogen (secondary N) is 1. The topological polar surface area (TPSA) is 131 Å². The van der Waals surface area contributed by atoms with Gasteiger partial charge >= 0.3 is 5.69 Å². The number of hydrogen-bond donors (Lipinski definition) is 4. The van der Waals surface area contributed by atoms with Crippen molar-refractivity contribution >= 4 is 0 Å². The molecule has 0 bridgehead atoms. The Labute approximate surface area is 108 Å². The second-order valence-electron chi connectivity index (χ2n) is 4.68. The average molecular weight is 271 g/mol. The second kappa shape index (κ2) is 5.25. The maximum atomic E-state index is 11.7. The highest BCUT2D eigenvalue weighted by atomic mass is 16.5. The quantitative estimate of drug-likeness (QED) is 0.494. The summed E-state index contributed by atoms with van der Waals surface area (Å²) in [6.07, 6.45) is -0.794. The molecule has 0 amide bonds. The van der Waals surface area contributed by atoms with E-state index in [1.165, 1.54) is 10.8 Å². The molecule has 1 saturated heterocycles. The number of nitrogens with two attached hydrogens (primary N) is 1. The minimum atomic E-state index is -1.10. The van der Waals surface area contributed by atoms with Gasteiger partial charge in [-0.3, -0.25) is 14.3 Å². The standard InChI is InChI=1S/C11H17N3O5/c1-5-3-14(11(18)13-10(5)17)8-2-6(12)9(19-8)7(16)4-15/h3,6-9,15-16H,2,4,12H2,1H3,(H,13,17,18)/t6-,7-,8+,9?/m0/s1. The third-order valence-corrected chi connectivity index (χ3v) is 3.23. The Morgan fingerprint density at radius 1 is 1.63 bits per heavy atom. The summed E-state index contributed by atoms with van der Waals surface area (Å²) in [6, 6.07) is -0.494. The first kappa shape index (κ1) is 13.9. The largest absolute Gasteiger partial charge is 0.394 e. The fourth-order valence-electron chi connectivity index (χ4n) is 2.16. The highest BCUT2D eigenvalue weighted by molar-refractivity contribution is 5.02. The number of rotatable bonds is 3. The van der Waals surface area contributed by atoms with Crippen LogP contribution in [0.4, 0.5) is 0 Å². The third-order valence-electron chi connectivity index (χ3n) is 3.23. The number of aliphatic hydroxyl groups excluding tert-OH is 2. The van der Waals surface area contributed by atoms with Crippen LogP contribution in [0, 0.1) is 6.92 Å². The van der Waals surface area contributed by atoms with Crippen molar-refractivity contribution in [3.05, 3.63) is 32.6 Å². The van der Waals surface area contributed by atoms with Crippen LogP contribution < -0.4 is 17.0 Å². The average Bonchev–Trinajstić information content (AvgIpc) is 2.75. The summed E-state index contributed by atoms with van der Waals surface area (Å²) >= 11 is 0. The Morgan fingerprint density at radius 2 is 2.32 bits per heavy atom. The molecule has 1 aromatic heterocycles. The molecular weight excluding hydrogens is 254 g/mol. The lowest BCUT2D eigenvalue weighted by Crippen LogP contribution is -2.41. The monoisotopic (exact) mass is 271 g/mol. The third kappa shape index (κ3) is 2.61. The predicted molar refractivity (Wildman–Crippen MR) is 65.7 cm³/mol. The van der Waals surface area contributed by atoms with E-state index in [4.69, 9.17) is 15.6 Å². The zero-order valence-electron chi connectivity index (χ0n) is 10.4. The van der Waals surface area contributed by atoms with Gasteiger partial charge in [-0.1, -0.05) is 0 Å². The minimum Gasteiger partial charge on any atom is -0.394 e. The van der Waals surface area contributed by atoms with Gasteiger partial charge in [-0.2, -0.15) is 0 Å². The Kier molecular flexibility index (Phi) is 3.85. The maximum absolute atomic E-state index is 11.7. The molecule has 19 heavy (non-hydrogen) atoms. The number of hydrogen-bond acceptors (Lipinski definition) is 6. The van der Waals surface area contributed by atoms with Crippen molar-refractivity contribution in [1.29, 1.82) is 0 Å². The van der Waals surface area contributed by atoms with Gasteiger partial charge in [0.2, 0.25) is 0 Å². The van der Waals surface area contributed by atoms with Crippen LogP contribution in [0.5, 0.6) is 0 Å². The van der Waals surface area contributed by atoms with Crippen LogP contribution in [-0.2, 0) is 4.74 Å². The minimum absolute atomic E-state index is 0.313. The summed E-state index contributed by atoms with van der Waals surface area (Å²) in [5.41, 5.74) is 5.16. The molecule has 8 heteroatoms. The second-order valence-corrected chi connectivity index (χ2v) is 4.68. The molecule has 0 radical (unpaired) electrons. The molecule has 4 atom stereocenters. The van der Waals surface area contributed by atoms with Gasteiger partial charge in [0.1, 0.15) is 18.4 Å². The van der Waals surface area contributed by atoms with Crippen molar-refractivity contribution in [1.82, 2.24) is 9.55 Å². The normalized spacial score (nSPS) is 28.5. The smallest absolute Gasteiger partial charge is 0.330 e. The van der Waals surface area contributed by atoms with Crippen LogP contribution in [0.1, 0.15) is 18.2 Å². The van der Waals surface area contributed by atoms with E-state index in [0.29, 0.717) is 12.0 Å². The van der Waals surface area contributed by atoms with Gasteiger partial charge in [0.25, 0.3) is 5.56 Å². The van der Waals surface area contributed by atoms with Crippen molar-refractivity contribution in [3.8, 4) is 0 Å². The first-order chi connectivity index (χ1) is 8.93. The van der Waals surface area contributed by atoms with Crippen LogP contribution in [-0.4, -0.2) is 44.6 Å². The zero-order chi connectivity index (χ0) is 14.2. The molecule has 0 aromatic carbocycles. The van der Waals surface area contributed by atoms with Crippen LogP contribution in [0.15, 0.2) is 15.8 Å². The molecule has 2 rings (SSSR count).